The molecule has 3 saturated heterocycles. The van der Waals surface area contributed by atoms with Gasteiger partial charge in [0.05, 0.1) is 12.0 Å². The molecule has 0 spiro atoms. The third kappa shape index (κ3) is 1.96. The molecule has 3 rings (SSSR count). The minimum absolute atomic E-state index is 0.253. The third-order valence-corrected chi connectivity index (χ3v) is 3.53. The lowest BCUT2D eigenvalue weighted by Crippen LogP contribution is -2.40. The quantitative estimate of drug-likeness (QED) is 0.469. The Morgan fingerprint density at radius 3 is 2.84 bits per heavy atom. The monoisotopic (exact) mass is 272 g/mol. The fourth-order valence-corrected chi connectivity index (χ4v) is 2.75. The number of fused-ring (bicyclic) bond motifs is 1. The van der Waals surface area contributed by atoms with Gasteiger partial charge >= 0.3 is 17.9 Å². The largest absolute Gasteiger partial charge is 0.455 e. The van der Waals surface area contributed by atoms with Crippen LogP contribution in [-0.2, 0) is 33.3 Å². The standard InChI is InChI=1S/C11H12O8/c12-2-6(13)16-3-7(14)18-9-5-1-4-8(17-5)10(9)19-11(4)15/h4-5,8-10,12H,1-3H2/t4?,5?,8?,9-,10?/m1/s1. The smallest absolute Gasteiger partial charge is 0.344 e. The number of aliphatic hydroxyl groups excluding tert-OH is 1. The van der Waals surface area contributed by atoms with Crippen LogP contribution >= 0.6 is 0 Å². The summed E-state index contributed by atoms with van der Waals surface area (Å²) in [5, 5.41) is 8.43. The van der Waals surface area contributed by atoms with Crippen molar-refractivity contribution in [3.63, 3.8) is 0 Å². The summed E-state index contributed by atoms with van der Waals surface area (Å²) in [4.78, 5) is 33.6. The van der Waals surface area contributed by atoms with Gasteiger partial charge in [-0.05, 0) is 6.42 Å². The van der Waals surface area contributed by atoms with Crippen molar-refractivity contribution in [3.05, 3.63) is 0 Å². The Hall–Kier alpha value is -1.67. The lowest BCUT2D eigenvalue weighted by molar-refractivity contribution is -0.169. The number of ether oxygens (including phenoxy) is 4. The molecule has 3 aliphatic rings. The first kappa shape index (κ1) is 12.4. The van der Waals surface area contributed by atoms with Gasteiger partial charge in [-0.2, -0.15) is 0 Å². The Balaban J connectivity index is 1.55. The second kappa shape index (κ2) is 4.46. The molecule has 1 N–H and O–H groups in total. The van der Waals surface area contributed by atoms with Crippen molar-refractivity contribution in [2.24, 2.45) is 5.92 Å². The first-order chi connectivity index (χ1) is 9.10. The molecule has 3 heterocycles. The van der Waals surface area contributed by atoms with Gasteiger partial charge in [0.2, 0.25) is 0 Å². The summed E-state index contributed by atoms with van der Waals surface area (Å²) in [6, 6.07) is 0. The van der Waals surface area contributed by atoms with Gasteiger partial charge in [-0.1, -0.05) is 0 Å². The maximum atomic E-state index is 11.5. The van der Waals surface area contributed by atoms with E-state index in [1.165, 1.54) is 0 Å². The highest BCUT2D eigenvalue weighted by Gasteiger charge is 2.65. The van der Waals surface area contributed by atoms with Crippen LogP contribution in [0.3, 0.4) is 0 Å². The first-order valence-corrected chi connectivity index (χ1v) is 5.92. The number of carbonyl (C=O) groups excluding carboxylic acids is 3. The molecule has 0 amide bonds. The second-order valence-electron chi connectivity index (χ2n) is 4.66. The Morgan fingerprint density at radius 1 is 1.32 bits per heavy atom. The van der Waals surface area contributed by atoms with E-state index in [0.29, 0.717) is 6.42 Å². The maximum Gasteiger partial charge on any atom is 0.344 e. The molecule has 2 bridgehead atoms. The van der Waals surface area contributed by atoms with Crippen molar-refractivity contribution in [1.82, 2.24) is 0 Å². The summed E-state index contributed by atoms with van der Waals surface area (Å²) in [6.45, 7) is -1.39. The van der Waals surface area contributed by atoms with Crippen LogP contribution in [0.2, 0.25) is 0 Å². The average molecular weight is 272 g/mol. The van der Waals surface area contributed by atoms with Crippen LogP contribution in [0.4, 0.5) is 0 Å². The van der Waals surface area contributed by atoms with Crippen LogP contribution in [0.15, 0.2) is 0 Å². The van der Waals surface area contributed by atoms with Gasteiger partial charge in [0, 0.05) is 0 Å². The van der Waals surface area contributed by atoms with Crippen LogP contribution < -0.4 is 0 Å². The summed E-state index contributed by atoms with van der Waals surface area (Å²) in [5.74, 6) is -2.24. The van der Waals surface area contributed by atoms with Crippen LogP contribution in [0.25, 0.3) is 0 Å². The molecule has 3 aliphatic heterocycles. The van der Waals surface area contributed by atoms with Gasteiger partial charge in [-0.15, -0.1) is 0 Å². The predicted octanol–water partition coefficient (Wildman–Crippen LogP) is -1.85. The molecule has 4 unspecified atom stereocenters. The van der Waals surface area contributed by atoms with Gasteiger partial charge in [-0.25, -0.2) is 9.59 Å². The minimum atomic E-state index is -0.909. The van der Waals surface area contributed by atoms with Crippen molar-refractivity contribution in [1.29, 1.82) is 0 Å². The highest BCUT2D eigenvalue weighted by atomic mass is 16.7. The summed E-state index contributed by atoms with van der Waals surface area (Å²) in [7, 11) is 0. The minimum Gasteiger partial charge on any atom is -0.455 e. The van der Waals surface area contributed by atoms with E-state index in [1.807, 2.05) is 0 Å². The number of carbonyl (C=O) groups is 3. The Bertz CT molecular complexity index is 432. The number of hydrogen-bond acceptors (Lipinski definition) is 8. The zero-order chi connectivity index (χ0) is 13.6. The van der Waals surface area contributed by atoms with Crippen molar-refractivity contribution in [2.75, 3.05) is 13.2 Å². The van der Waals surface area contributed by atoms with E-state index in [-0.39, 0.29) is 24.1 Å². The van der Waals surface area contributed by atoms with Crippen LogP contribution in [0.1, 0.15) is 6.42 Å². The van der Waals surface area contributed by atoms with Gasteiger partial charge in [0.1, 0.15) is 12.7 Å². The molecule has 104 valence electrons. The topological polar surface area (TPSA) is 108 Å². The lowest BCUT2D eigenvalue weighted by atomic mass is 9.88. The van der Waals surface area contributed by atoms with Gasteiger partial charge < -0.3 is 24.1 Å². The second-order valence-corrected chi connectivity index (χ2v) is 4.66. The predicted molar refractivity (Wildman–Crippen MR) is 54.6 cm³/mol. The fourth-order valence-electron chi connectivity index (χ4n) is 2.75. The van der Waals surface area contributed by atoms with Gasteiger partial charge in [0.15, 0.2) is 18.8 Å². The molecule has 0 aromatic heterocycles. The van der Waals surface area contributed by atoms with Crippen molar-refractivity contribution in [2.45, 2.75) is 30.8 Å². The van der Waals surface area contributed by atoms with E-state index in [2.05, 4.69) is 4.74 Å². The lowest BCUT2D eigenvalue weighted by Gasteiger charge is -2.22. The van der Waals surface area contributed by atoms with Crippen molar-refractivity contribution < 1.29 is 38.4 Å². The third-order valence-electron chi connectivity index (χ3n) is 3.53. The molecular weight excluding hydrogens is 260 g/mol. The Kier molecular flexibility index (Phi) is 2.90. The zero-order valence-electron chi connectivity index (χ0n) is 9.81. The van der Waals surface area contributed by atoms with Crippen molar-refractivity contribution in [3.8, 4) is 0 Å². The molecule has 0 aliphatic carbocycles. The molecule has 0 saturated carbocycles. The molecule has 8 nitrogen and oxygen atoms in total. The Morgan fingerprint density at radius 2 is 2.11 bits per heavy atom. The highest BCUT2D eigenvalue weighted by molar-refractivity contribution is 5.78. The molecule has 19 heavy (non-hydrogen) atoms. The number of aliphatic hydroxyl groups is 1. The summed E-state index contributed by atoms with van der Waals surface area (Å²) in [5.41, 5.74) is 0. The average Bonchev–Trinajstić information content (AvgIpc) is 3.00. The molecule has 8 heteroatoms. The van der Waals surface area contributed by atoms with Crippen LogP contribution in [0, 0.1) is 5.92 Å². The van der Waals surface area contributed by atoms with E-state index in [0.717, 1.165) is 0 Å². The molecule has 0 aromatic carbocycles. The van der Waals surface area contributed by atoms with E-state index >= 15 is 0 Å². The molecule has 5 atom stereocenters. The first-order valence-electron chi connectivity index (χ1n) is 5.92. The van der Waals surface area contributed by atoms with E-state index in [1.54, 1.807) is 0 Å². The summed E-state index contributed by atoms with van der Waals surface area (Å²) >= 11 is 0. The van der Waals surface area contributed by atoms with E-state index in [9.17, 15) is 14.4 Å². The zero-order valence-corrected chi connectivity index (χ0v) is 9.81. The summed E-state index contributed by atoms with van der Waals surface area (Å²) < 4.78 is 20.2. The molecular formula is C11H12O8. The summed E-state index contributed by atoms with van der Waals surface area (Å²) in [6.07, 6.45) is -1.41. The highest BCUT2D eigenvalue weighted by Crippen LogP contribution is 2.47. The molecule has 0 radical (unpaired) electrons. The fraction of sp³-hybridized carbons (Fsp3) is 0.727. The van der Waals surface area contributed by atoms with Crippen molar-refractivity contribution >= 4 is 17.9 Å². The number of rotatable bonds is 4. The molecule has 3 fully saturated rings. The number of esters is 3. The number of hydrogen-bond donors (Lipinski definition) is 1. The normalized spacial score (nSPS) is 38.2. The van der Waals surface area contributed by atoms with Gasteiger partial charge in [0.25, 0.3) is 0 Å². The Labute approximate surface area is 107 Å². The van der Waals surface area contributed by atoms with Crippen LogP contribution in [0.5, 0.6) is 0 Å². The SMILES string of the molecule is O=C(CO)OCC(=O)O[C@@H]1C2CC3C(=O)OC1C3O2. The van der Waals surface area contributed by atoms with Gasteiger partial charge in [-0.3, -0.25) is 4.79 Å². The van der Waals surface area contributed by atoms with E-state index in [4.69, 9.17) is 19.3 Å². The van der Waals surface area contributed by atoms with Crippen LogP contribution in [-0.4, -0.2) is 60.6 Å². The molecule has 0 aromatic rings. The maximum absolute atomic E-state index is 11.5. The van der Waals surface area contributed by atoms with E-state index < -0.39 is 37.4 Å².